The number of nitrogens with zero attached hydrogens (tertiary/aromatic N) is 3. The van der Waals surface area contributed by atoms with Crippen molar-refractivity contribution in [3.8, 4) is 0 Å². The van der Waals surface area contributed by atoms with Crippen molar-refractivity contribution in [1.29, 1.82) is 0 Å². The number of hydrogen-bond donors (Lipinski definition) is 1. The third-order valence-corrected chi connectivity index (χ3v) is 5.31. The van der Waals surface area contributed by atoms with Crippen LogP contribution in [0.3, 0.4) is 0 Å². The van der Waals surface area contributed by atoms with E-state index in [-0.39, 0.29) is 27.8 Å². The number of carbonyl (C=O) groups excluding carboxylic acids is 1. The van der Waals surface area contributed by atoms with Crippen LogP contribution in [0.25, 0.3) is 0 Å². The van der Waals surface area contributed by atoms with Gasteiger partial charge in [-0.15, -0.1) is 21.8 Å². The van der Waals surface area contributed by atoms with Crippen molar-refractivity contribution in [3.63, 3.8) is 0 Å². The van der Waals surface area contributed by atoms with Crippen LogP contribution in [0.1, 0.15) is 20.3 Å². The molecule has 0 saturated carbocycles. The van der Waals surface area contributed by atoms with Gasteiger partial charge in [-0.2, -0.15) is 4.31 Å². The third kappa shape index (κ3) is 4.37. The van der Waals surface area contributed by atoms with Crippen LogP contribution in [0, 0.1) is 0 Å². The minimum absolute atomic E-state index is 0.144. The second-order valence-corrected chi connectivity index (χ2v) is 7.11. The van der Waals surface area contributed by atoms with Crippen LogP contribution in [0.2, 0.25) is 0 Å². The highest BCUT2D eigenvalue weighted by Gasteiger charge is 2.27. The normalized spacial score (nSPS) is 11.8. The van der Waals surface area contributed by atoms with Gasteiger partial charge in [-0.1, -0.05) is 18.3 Å². The number of aromatic nitrogens is 2. The molecule has 1 rings (SSSR count). The molecule has 10 heteroatoms. The Morgan fingerprint density at radius 2 is 2.11 bits per heavy atom. The van der Waals surface area contributed by atoms with E-state index in [4.69, 9.17) is 11.6 Å². The number of hydrogen-bond acceptors (Lipinski definition) is 6. The average molecular weight is 327 g/mol. The molecule has 108 valence electrons. The highest BCUT2D eigenvalue weighted by molar-refractivity contribution is 7.91. The van der Waals surface area contributed by atoms with Gasteiger partial charge in [-0.25, -0.2) is 8.42 Å². The maximum absolute atomic E-state index is 12.3. The van der Waals surface area contributed by atoms with Crippen LogP contribution < -0.4 is 5.32 Å². The van der Waals surface area contributed by atoms with Gasteiger partial charge in [0, 0.05) is 25.9 Å². The van der Waals surface area contributed by atoms with E-state index in [1.165, 1.54) is 11.2 Å². The monoisotopic (exact) mass is 326 g/mol. The van der Waals surface area contributed by atoms with Crippen LogP contribution >= 0.6 is 22.9 Å². The highest BCUT2D eigenvalue weighted by Crippen LogP contribution is 2.23. The predicted molar refractivity (Wildman–Crippen MR) is 74.0 cm³/mol. The first-order valence-electron chi connectivity index (χ1n) is 5.59. The minimum Gasteiger partial charge on any atom is -0.301 e. The van der Waals surface area contributed by atoms with E-state index in [1.807, 2.05) is 6.92 Å². The molecule has 0 radical (unpaired) electrons. The summed E-state index contributed by atoms with van der Waals surface area (Å²) in [5.41, 5.74) is 0. The number of amides is 1. The fourth-order valence-electron chi connectivity index (χ4n) is 1.32. The summed E-state index contributed by atoms with van der Waals surface area (Å²) in [4.78, 5) is 10.9. The number of halogens is 1. The smallest absolute Gasteiger partial charge is 0.272 e. The van der Waals surface area contributed by atoms with Crippen molar-refractivity contribution < 1.29 is 13.2 Å². The van der Waals surface area contributed by atoms with Crippen LogP contribution in [0.15, 0.2) is 4.34 Å². The molecule has 1 aromatic heterocycles. The molecule has 0 aliphatic carbocycles. The fraction of sp³-hybridized carbons (Fsp3) is 0.667. The number of anilines is 1. The summed E-state index contributed by atoms with van der Waals surface area (Å²) in [7, 11) is -3.70. The molecule has 1 amide bonds. The number of nitrogens with one attached hydrogen (secondary N) is 1. The molecule has 1 N–H and O–H groups in total. The van der Waals surface area contributed by atoms with Crippen LogP contribution in [0.5, 0.6) is 0 Å². The minimum atomic E-state index is -3.70. The average Bonchev–Trinajstić information content (AvgIpc) is 2.77. The first kappa shape index (κ1) is 16.3. The summed E-state index contributed by atoms with van der Waals surface area (Å²) < 4.78 is 25.7. The van der Waals surface area contributed by atoms with E-state index in [1.54, 1.807) is 0 Å². The van der Waals surface area contributed by atoms with Gasteiger partial charge < -0.3 is 5.32 Å². The lowest BCUT2D eigenvalue weighted by Gasteiger charge is -2.18. The molecule has 0 aromatic carbocycles. The van der Waals surface area contributed by atoms with Crippen molar-refractivity contribution in [2.75, 3.05) is 24.3 Å². The van der Waals surface area contributed by atoms with Gasteiger partial charge in [0.25, 0.3) is 10.0 Å². The summed E-state index contributed by atoms with van der Waals surface area (Å²) >= 11 is 6.43. The lowest BCUT2D eigenvalue weighted by atomic mass is 10.5. The Kier molecular flexibility index (Phi) is 6.11. The number of carbonyl (C=O) groups is 1. The molecule has 19 heavy (non-hydrogen) atoms. The molecule has 0 atom stereocenters. The molecule has 7 nitrogen and oxygen atoms in total. The number of alkyl halides is 1. The van der Waals surface area contributed by atoms with Gasteiger partial charge in [-0.05, 0) is 6.42 Å². The summed E-state index contributed by atoms with van der Waals surface area (Å²) in [6.07, 6.45) is 0.674. The third-order valence-electron chi connectivity index (χ3n) is 2.06. The molecular weight excluding hydrogens is 312 g/mol. The van der Waals surface area contributed by atoms with E-state index in [2.05, 4.69) is 15.5 Å². The molecule has 0 saturated heterocycles. The van der Waals surface area contributed by atoms with Gasteiger partial charge in [-0.3, -0.25) is 4.79 Å². The zero-order valence-corrected chi connectivity index (χ0v) is 13.0. The first-order chi connectivity index (χ1) is 8.91. The zero-order chi connectivity index (χ0) is 14.5. The second-order valence-electron chi connectivity index (χ2n) is 3.65. The van der Waals surface area contributed by atoms with Crippen molar-refractivity contribution in [1.82, 2.24) is 14.5 Å². The molecule has 0 aliphatic heterocycles. The lowest BCUT2D eigenvalue weighted by molar-refractivity contribution is -0.114. The Morgan fingerprint density at radius 1 is 1.42 bits per heavy atom. The maximum atomic E-state index is 12.3. The van der Waals surface area contributed by atoms with Gasteiger partial charge >= 0.3 is 0 Å². The lowest BCUT2D eigenvalue weighted by Crippen LogP contribution is -2.33. The summed E-state index contributed by atoms with van der Waals surface area (Å²) in [5.74, 6) is -0.123. The summed E-state index contributed by atoms with van der Waals surface area (Å²) in [6.45, 7) is 3.77. The quantitative estimate of drug-likeness (QED) is 0.599. The Hall–Kier alpha value is -0.770. The van der Waals surface area contributed by atoms with Gasteiger partial charge in [0.05, 0.1) is 0 Å². The molecule has 0 spiro atoms. The Bertz CT molecular complexity index is 525. The van der Waals surface area contributed by atoms with Crippen molar-refractivity contribution in [2.24, 2.45) is 0 Å². The molecule has 0 bridgehead atoms. The fourth-order valence-corrected chi connectivity index (χ4v) is 4.24. The molecule has 1 heterocycles. The Morgan fingerprint density at radius 3 is 2.63 bits per heavy atom. The molecule has 0 aliphatic rings. The highest BCUT2D eigenvalue weighted by atomic mass is 35.5. The molecule has 0 fully saturated rings. The van der Waals surface area contributed by atoms with E-state index in [0.717, 1.165) is 11.3 Å². The van der Waals surface area contributed by atoms with Gasteiger partial charge in [0.1, 0.15) is 0 Å². The van der Waals surface area contributed by atoms with Crippen molar-refractivity contribution >= 4 is 44.0 Å². The topological polar surface area (TPSA) is 92.3 Å². The van der Waals surface area contributed by atoms with E-state index < -0.39 is 10.0 Å². The standard InChI is InChI=1S/C9H15ClN4O3S2/c1-3-5-14(6-4-10)19(16,17)9-13-12-8(18-9)11-7(2)15/h3-6H2,1-2H3,(H,11,12,15). The predicted octanol–water partition coefficient (Wildman–Crippen LogP) is 1.14. The molecular formula is C9H15ClN4O3S2. The number of rotatable bonds is 7. The van der Waals surface area contributed by atoms with E-state index >= 15 is 0 Å². The largest absolute Gasteiger partial charge is 0.301 e. The van der Waals surface area contributed by atoms with Crippen molar-refractivity contribution in [2.45, 2.75) is 24.6 Å². The van der Waals surface area contributed by atoms with Gasteiger partial charge in [0.15, 0.2) is 0 Å². The zero-order valence-electron chi connectivity index (χ0n) is 10.6. The number of sulfonamides is 1. The van der Waals surface area contributed by atoms with E-state index in [0.29, 0.717) is 13.0 Å². The SMILES string of the molecule is CCCN(CCCl)S(=O)(=O)c1nnc(NC(C)=O)s1. The Balaban J connectivity index is 2.97. The second kappa shape index (κ2) is 7.13. The molecule has 1 aromatic rings. The summed E-state index contributed by atoms with van der Waals surface area (Å²) in [6, 6.07) is 0. The van der Waals surface area contributed by atoms with Gasteiger partial charge in [0.2, 0.25) is 15.4 Å². The first-order valence-corrected chi connectivity index (χ1v) is 8.38. The van der Waals surface area contributed by atoms with Crippen LogP contribution in [-0.4, -0.2) is 47.8 Å². The van der Waals surface area contributed by atoms with E-state index in [9.17, 15) is 13.2 Å². The van der Waals surface area contributed by atoms with Crippen LogP contribution in [0.4, 0.5) is 5.13 Å². The molecule has 0 unspecified atom stereocenters. The van der Waals surface area contributed by atoms with Crippen LogP contribution in [-0.2, 0) is 14.8 Å². The van der Waals surface area contributed by atoms with Crippen molar-refractivity contribution in [3.05, 3.63) is 0 Å². The maximum Gasteiger partial charge on any atom is 0.272 e. The summed E-state index contributed by atoms with van der Waals surface area (Å²) in [5, 5.41) is 9.79. The Labute approximate surface area is 121 Å².